The van der Waals surface area contributed by atoms with Crippen LogP contribution in [-0.2, 0) is 20.5 Å². The normalized spacial score (nSPS) is 11.1. The molecule has 1 aromatic carbocycles. The van der Waals surface area contributed by atoms with Crippen molar-refractivity contribution >= 4 is 22.4 Å². The number of aryl methyl sites for hydroxylation is 1. The lowest BCUT2D eigenvalue weighted by atomic mass is 10.2. The molecule has 0 bridgehead atoms. The van der Waals surface area contributed by atoms with Gasteiger partial charge in [0, 0.05) is 26.7 Å². The summed E-state index contributed by atoms with van der Waals surface area (Å²) in [5.41, 5.74) is 1.87. The van der Waals surface area contributed by atoms with Gasteiger partial charge in [-0.1, -0.05) is 29.8 Å². The zero-order valence-electron chi connectivity index (χ0n) is 11.9. The molecule has 0 atom stereocenters. The molecule has 0 aliphatic heterocycles. The van der Waals surface area contributed by atoms with Gasteiger partial charge >= 0.3 is 0 Å². The van der Waals surface area contributed by atoms with Gasteiger partial charge in [0.15, 0.2) is 0 Å². The Bertz CT molecular complexity index is 480. The Morgan fingerprint density at radius 3 is 2.60 bits per heavy atom. The Hall–Kier alpha value is -0.660. The van der Waals surface area contributed by atoms with E-state index in [0.717, 1.165) is 17.7 Å². The lowest BCUT2D eigenvalue weighted by molar-refractivity contribution is 0.199. The first kappa shape index (κ1) is 19.3. The van der Waals surface area contributed by atoms with Crippen molar-refractivity contribution in [1.82, 2.24) is 10.0 Å². The van der Waals surface area contributed by atoms with Crippen LogP contribution in [0.3, 0.4) is 0 Å². The average Bonchev–Trinajstić information content (AvgIpc) is 2.33. The van der Waals surface area contributed by atoms with Crippen LogP contribution < -0.4 is 10.0 Å². The number of halogens is 1. The molecule has 20 heavy (non-hydrogen) atoms. The fraction of sp³-hybridized carbons (Fsp3) is 0.538. The number of methoxy groups -OCH3 is 1. The van der Waals surface area contributed by atoms with E-state index in [2.05, 4.69) is 10.0 Å². The van der Waals surface area contributed by atoms with Crippen LogP contribution in [0.15, 0.2) is 24.3 Å². The molecule has 0 aliphatic carbocycles. The highest BCUT2D eigenvalue weighted by Crippen LogP contribution is 2.07. The van der Waals surface area contributed by atoms with Crippen molar-refractivity contribution in [2.75, 3.05) is 33.4 Å². The number of hydrogen-bond acceptors (Lipinski definition) is 4. The summed E-state index contributed by atoms with van der Waals surface area (Å²) in [6.07, 6.45) is 0. The summed E-state index contributed by atoms with van der Waals surface area (Å²) in [6, 6.07) is 7.52. The fourth-order valence-electron chi connectivity index (χ4n) is 1.67. The van der Waals surface area contributed by atoms with Crippen LogP contribution in [0.2, 0.25) is 0 Å². The Labute approximate surface area is 127 Å². The highest BCUT2D eigenvalue weighted by atomic mass is 35.5. The zero-order chi connectivity index (χ0) is 14.1. The first-order chi connectivity index (χ1) is 9.03. The second-order valence-corrected chi connectivity index (χ2v) is 6.19. The van der Waals surface area contributed by atoms with Crippen molar-refractivity contribution in [1.29, 1.82) is 0 Å². The molecular weight excluding hydrogens is 300 g/mol. The van der Waals surface area contributed by atoms with Crippen molar-refractivity contribution < 1.29 is 13.2 Å². The van der Waals surface area contributed by atoms with Gasteiger partial charge < -0.3 is 10.1 Å². The standard InChI is InChI=1S/C13H22N2O3S.ClH/c1-12-4-3-5-13(10-12)11-19(16,17)15-7-6-14-8-9-18-2;/h3-5,10,14-15H,6-9,11H2,1-2H3;1H. The molecule has 0 spiro atoms. The largest absolute Gasteiger partial charge is 0.383 e. The number of sulfonamides is 1. The predicted octanol–water partition coefficient (Wildman–Crippen LogP) is 1.07. The van der Waals surface area contributed by atoms with Crippen LogP contribution in [-0.4, -0.2) is 41.8 Å². The van der Waals surface area contributed by atoms with Gasteiger partial charge in [-0.15, -0.1) is 12.4 Å². The topological polar surface area (TPSA) is 67.4 Å². The third-order valence-electron chi connectivity index (χ3n) is 2.55. The summed E-state index contributed by atoms with van der Waals surface area (Å²) < 4.78 is 31.1. The summed E-state index contributed by atoms with van der Waals surface area (Å²) in [5, 5.41) is 3.08. The Kier molecular flexibility index (Phi) is 9.79. The zero-order valence-corrected chi connectivity index (χ0v) is 13.5. The number of ether oxygens (including phenoxy) is 1. The van der Waals surface area contributed by atoms with E-state index in [1.54, 1.807) is 7.11 Å². The van der Waals surface area contributed by atoms with Crippen molar-refractivity contribution in [2.24, 2.45) is 0 Å². The summed E-state index contributed by atoms with van der Waals surface area (Å²) in [4.78, 5) is 0. The second-order valence-electron chi connectivity index (χ2n) is 4.39. The van der Waals surface area contributed by atoms with Gasteiger partial charge in [0.05, 0.1) is 12.4 Å². The molecule has 0 fully saturated rings. The quantitative estimate of drug-likeness (QED) is 0.667. The predicted molar refractivity (Wildman–Crippen MR) is 83.8 cm³/mol. The van der Waals surface area contributed by atoms with Gasteiger partial charge in [0.2, 0.25) is 10.0 Å². The molecule has 0 amide bonds. The van der Waals surface area contributed by atoms with E-state index < -0.39 is 10.0 Å². The lowest BCUT2D eigenvalue weighted by Crippen LogP contribution is -2.33. The van der Waals surface area contributed by atoms with E-state index in [1.165, 1.54) is 0 Å². The minimum absolute atomic E-state index is 0. The smallest absolute Gasteiger partial charge is 0.215 e. The molecule has 0 saturated heterocycles. The van der Waals surface area contributed by atoms with Crippen LogP contribution in [0.5, 0.6) is 0 Å². The maximum absolute atomic E-state index is 11.8. The van der Waals surface area contributed by atoms with Gasteiger partial charge in [-0.25, -0.2) is 13.1 Å². The van der Waals surface area contributed by atoms with Gasteiger partial charge in [-0.2, -0.15) is 0 Å². The summed E-state index contributed by atoms with van der Waals surface area (Å²) in [6.45, 7) is 4.27. The van der Waals surface area contributed by atoms with E-state index in [-0.39, 0.29) is 18.2 Å². The number of hydrogen-bond donors (Lipinski definition) is 2. The molecule has 2 N–H and O–H groups in total. The number of rotatable bonds is 9. The van der Waals surface area contributed by atoms with E-state index in [4.69, 9.17) is 4.74 Å². The van der Waals surface area contributed by atoms with Crippen LogP contribution in [0.1, 0.15) is 11.1 Å². The van der Waals surface area contributed by atoms with Crippen molar-refractivity contribution in [2.45, 2.75) is 12.7 Å². The van der Waals surface area contributed by atoms with E-state index in [0.29, 0.717) is 19.7 Å². The van der Waals surface area contributed by atoms with Crippen LogP contribution in [0, 0.1) is 6.92 Å². The highest BCUT2D eigenvalue weighted by molar-refractivity contribution is 7.88. The van der Waals surface area contributed by atoms with Gasteiger partial charge in [0.1, 0.15) is 0 Å². The second kappa shape index (κ2) is 10.1. The molecule has 7 heteroatoms. The monoisotopic (exact) mass is 322 g/mol. The van der Waals surface area contributed by atoms with Crippen LogP contribution in [0.25, 0.3) is 0 Å². The molecular formula is C13H23ClN2O3S. The van der Waals surface area contributed by atoms with Crippen molar-refractivity contribution in [3.05, 3.63) is 35.4 Å². The van der Waals surface area contributed by atoms with Gasteiger partial charge in [0.25, 0.3) is 0 Å². The van der Waals surface area contributed by atoms with Gasteiger partial charge in [-0.05, 0) is 12.5 Å². The first-order valence-electron chi connectivity index (χ1n) is 6.26. The third-order valence-corrected chi connectivity index (χ3v) is 3.90. The Morgan fingerprint density at radius 2 is 1.95 bits per heavy atom. The summed E-state index contributed by atoms with van der Waals surface area (Å²) in [7, 11) is -1.63. The van der Waals surface area contributed by atoms with Gasteiger partial charge in [-0.3, -0.25) is 0 Å². The minimum Gasteiger partial charge on any atom is -0.383 e. The summed E-state index contributed by atoms with van der Waals surface area (Å²) >= 11 is 0. The van der Waals surface area contributed by atoms with Crippen molar-refractivity contribution in [3.63, 3.8) is 0 Å². The van der Waals surface area contributed by atoms with E-state index in [1.807, 2.05) is 31.2 Å². The maximum Gasteiger partial charge on any atom is 0.215 e. The van der Waals surface area contributed by atoms with Crippen LogP contribution >= 0.6 is 12.4 Å². The Balaban J connectivity index is 0.00000361. The van der Waals surface area contributed by atoms with E-state index in [9.17, 15) is 8.42 Å². The molecule has 0 radical (unpaired) electrons. The molecule has 1 rings (SSSR count). The van der Waals surface area contributed by atoms with E-state index >= 15 is 0 Å². The number of nitrogens with one attached hydrogen (secondary N) is 2. The molecule has 0 aromatic heterocycles. The molecule has 0 aliphatic rings. The molecule has 0 unspecified atom stereocenters. The van der Waals surface area contributed by atoms with Crippen LogP contribution in [0.4, 0.5) is 0 Å². The lowest BCUT2D eigenvalue weighted by Gasteiger charge is -2.08. The molecule has 0 heterocycles. The number of benzene rings is 1. The SMILES string of the molecule is COCCNCCNS(=O)(=O)Cc1cccc(C)c1.Cl. The Morgan fingerprint density at radius 1 is 1.20 bits per heavy atom. The minimum atomic E-state index is -3.27. The summed E-state index contributed by atoms with van der Waals surface area (Å²) in [5.74, 6) is 0.0206. The molecule has 0 saturated carbocycles. The fourth-order valence-corrected chi connectivity index (χ4v) is 2.80. The third kappa shape index (κ3) is 8.50. The molecule has 116 valence electrons. The van der Waals surface area contributed by atoms with Crippen molar-refractivity contribution in [3.8, 4) is 0 Å². The first-order valence-corrected chi connectivity index (χ1v) is 7.91. The molecule has 1 aromatic rings. The highest BCUT2D eigenvalue weighted by Gasteiger charge is 2.10. The average molecular weight is 323 g/mol. The molecule has 5 nitrogen and oxygen atoms in total. The maximum atomic E-state index is 11.8.